The van der Waals surface area contributed by atoms with Crippen LogP contribution in [-0.2, 0) is 7.05 Å². The van der Waals surface area contributed by atoms with E-state index >= 15 is 0 Å². The molecular weight excluding hydrogens is 240 g/mol. The summed E-state index contributed by atoms with van der Waals surface area (Å²) in [5.74, 6) is -0.0337. The minimum Gasteiger partial charge on any atom is -0.348 e. The molecule has 1 aromatic heterocycles. The van der Waals surface area contributed by atoms with E-state index in [-0.39, 0.29) is 24.4 Å². The molecule has 2 rings (SSSR count). The number of hydrogen-bond acceptors (Lipinski definition) is 3. The van der Waals surface area contributed by atoms with E-state index in [0.29, 0.717) is 11.6 Å². The van der Waals surface area contributed by atoms with Gasteiger partial charge in [-0.2, -0.15) is 5.10 Å². The molecule has 1 fully saturated rings. The zero-order valence-electron chi connectivity index (χ0n) is 10.1. The second kappa shape index (κ2) is 6.02. The third-order valence-corrected chi connectivity index (χ3v) is 3.05. The van der Waals surface area contributed by atoms with Crippen LogP contribution >= 0.6 is 12.4 Å². The standard InChI is InChI=1S/C11H18N4O.ClH/c1-8-10(4-3-5-12-8)14-11(16)9-6-13-15(2)7-9;/h6-8,10,12H,3-5H2,1-2H3,(H,14,16);1H. The number of nitrogens with zero attached hydrogens (tertiary/aromatic N) is 2. The lowest BCUT2D eigenvalue weighted by molar-refractivity contribution is 0.0920. The average Bonchev–Trinajstić information content (AvgIpc) is 2.68. The Morgan fingerprint density at radius 1 is 1.65 bits per heavy atom. The van der Waals surface area contributed by atoms with Crippen LogP contribution in [-0.4, -0.2) is 34.3 Å². The first-order chi connectivity index (χ1) is 7.66. The number of aromatic nitrogens is 2. The molecule has 0 saturated carbocycles. The Hall–Kier alpha value is -1.07. The number of carbonyl (C=O) groups excluding carboxylic acids is 1. The maximum absolute atomic E-state index is 11.9. The molecule has 17 heavy (non-hydrogen) atoms. The van der Waals surface area contributed by atoms with Crippen molar-refractivity contribution in [3.8, 4) is 0 Å². The van der Waals surface area contributed by atoms with E-state index in [1.54, 1.807) is 17.1 Å². The van der Waals surface area contributed by atoms with Gasteiger partial charge in [0.25, 0.3) is 5.91 Å². The topological polar surface area (TPSA) is 58.9 Å². The van der Waals surface area contributed by atoms with Gasteiger partial charge in [-0.15, -0.1) is 12.4 Å². The van der Waals surface area contributed by atoms with Crippen molar-refractivity contribution in [3.05, 3.63) is 18.0 Å². The number of aryl methyl sites for hydroxylation is 1. The van der Waals surface area contributed by atoms with Crippen molar-refractivity contribution >= 4 is 18.3 Å². The third kappa shape index (κ3) is 3.44. The van der Waals surface area contributed by atoms with Gasteiger partial charge in [0.2, 0.25) is 0 Å². The highest BCUT2D eigenvalue weighted by atomic mass is 35.5. The molecule has 1 saturated heterocycles. The van der Waals surface area contributed by atoms with Gasteiger partial charge in [-0.3, -0.25) is 9.48 Å². The average molecular weight is 259 g/mol. The van der Waals surface area contributed by atoms with E-state index in [0.717, 1.165) is 19.4 Å². The van der Waals surface area contributed by atoms with Crippen LogP contribution in [0.25, 0.3) is 0 Å². The summed E-state index contributed by atoms with van der Waals surface area (Å²) < 4.78 is 1.64. The van der Waals surface area contributed by atoms with Crippen molar-refractivity contribution < 1.29 is 4.79 Å². The van der Waals surface area contributed by atoms with Gasteiger partial charge >= 0.3 is 0 Å². The maximum atomic E-state index is 11.9. The summed E-state index contributed by atoms with van der Waals surface area (Å²) in [5.41, 5.74) is 0.625. The van der Waals surface area contributed by atoms with E-state index < -0.39 is 0 Å². The molecule has 0 aromatic carbocycles. The van der Waals surface area contributed by atoms with Crippen LogP contribution in [0.5, 0.6) is 0 Å². The fourth-order valence-electron chi connectivity index (χ4n) is 2.03. The number of nitrogens with one attached hydrogen (secondary N) is 2. The normalized spacial score (nSPS) is 23.9. The Balaban J connectivity index is 0.00000144. The van der Waals surface area contributed by atoms with Gasteiger partial charge in [-0.05, 0) is 26.3 Å². The van der Waals surface area contributed by atoms with Crippen LogP contribution in [0.15, 0.2) is 12.4 Å². The van der Waals surface area contributed by atoms with E-state index in [4.69, 9.17) is 0 Å². The minimum atomic E-state index is -0.0337. The molecule has 5 nitrogen and oxygen atoms in total. The lowest BCUT2D eigenvalue weighted by atomic mass is 10.00. The second-order valence-electron chi connectivity index (χ2n) is 4.37. The Labute approximate surface area is 107 Å². The molecule has 1 aliphatic heterocycles. The second-order valence-corrected chi connectivity index (χ2v) is 4.37. The summed E-state index contributed by atoms with van der Waals surface area (Å²) in [5, 5.41) is 10.4. The van der Waals surface area contributed by atoms with Gasteiger partial charge in [0, 0.05) is 25.3 Å². The predicted molar refractivity (Wildman–Crippen MR) is 68.4 cm³/mol. The number of hydrogen-bond donors (Lipinski definition) is 2. The van der Waals surface area contributed by atoms with Crippen LogP contribution in [0.4, 0.5) is 0 Å². The third-order valence-electron chi connectivity index (χ3n) is 3.05. The molecule has 6 heteroatoms. The fraction of sp³-hybridized carbons (Fsp3) is 0.636. The Morgan fingerprint density at radius 3 is 3.00 bits per heavy atom. The lowest BCUT2D eigenvalue weighted by Gasteiger charge is -2.30. The van der Waals surface area contributed by atoms with Gasteiger partial charge in [0.1, 0.15) is 0 Å². The van der Waals surface area contributed by atoms with Crippen LogP contribution in [0.2, 0.25) is 0 Å². The zero-order valence-corrected chi connectivity index (χ0v) is 11.0. The molecule has 2 N–H and O–H groups in total. The first kappa shape index (κ1) is 14.0. The molecule has 96 valence electrons. The van der Waals surface area contributed by atoms with E-state index in [9.17, 15) is 4.79 Å². The Bertz CT molecular complexity index is 379. The number of rotatable bonds is 2. The fourth-order valence-corrected chi connectivity index (χ4v) is 2.03. The summed E-state index contributed by atoms with van der Waals surface area (Å²) in [4.78, 5) is 11.9. The van der Waals surface area contributed by atoms with Crippen molar-refractivity contribution in [1.82, 2.24) is 20.4 Å². The quantitative estimate of drug-likeness (QED) is 0.822. The van der Waals surface area contributed by atoms with Crippen molar-refractivity contribution in [2.45, 2.75) is 31.8 Å². The van der Waals surface area contributed by atoms with Crippen molar-refractivity contribution in [2.24, 2.45) is 7.05 Å². The molecule has 0 bridgehead atoms. The number of amides is 1. The molecular formula is C11H19ClN4O. The first-order valence-corrected chi connectivity index (χ1v) is 5.69. The molecule has 0 aliphatic carbocycles. The van der Waals surface area contributed by atoms with Crippen LogP contribution in [0.1, 0.15) is 30.1 Å². The number of piperidine rings is 1. The monoisotopic (exact) mass is 258 g/mol. The summed E-state index contributed by atoms with van der Waals surface area (Å²) in [6, 6.07) is 0.566. The van der Waals surface area contributed by atoms with Gasteiger partial charge < -0.3 is 10.6 Å². The SMILES string of the molecule is CC1NCCCC1NC(=O)c1cnn(C)c1.Cl. The Kier molecular flexibility index (Phi) is 4.96. The molecule has 2 atom stereocenters. The highest BCUT2D eigenvalue weighted by molar-refractivity contribution is 5.93. The predicted octanol–water partition coefficient (Wildman–Crippen LogP) is 0.712. The van der Waals surface area contributed by atoms with E-state index in [1.165, 1.54) is 0 Å². The van der Waals surface area contributed by atoms with E-state index in [2.05, 4.69) is 22.7 Å². The lowest BCUT2D eigenvalue weighted by Crippen LogP contribution is -2.51. The molecule has 1 amide bonds. The summed E-state index contributed by atoms with van der Waals surface area (Å²) in [7, 11) is 1.81. The molecule has 1 aliphatic rings. The highest BCUT2D eigenvalue weighted by Crippen LogP contribution is 2.09. The van der Waals surface area contributed by atoms with E-state index in [1.807, 2.05) is 7.05 Å². The smallest absolute Gasteiger partial charge is 0.254 e. The number of halogens is 1. The number of carbonyl (C=O) groups is 1. The minimum absolute atomic E-state index is 0. The molecule has 0 radical (unpaired) electrons. The van der Waals surface area contributed by atoms with Crippen LogP contribution < -0.4 is 10.6 Å². The summed E-state index contributed by atoms with van der Waals surface area (Å²) >= 11 is 0. The summed E-state index contributed by atoms with van der Waals surface area (Å²) in [6.07, 6.45) is 5.48. The van der Waals surface area contributed by atoms with Gasteiger partial charge in [-0.1, -0.05) is 0 Å². The zero-order chi connectivity index (χ0) is 11.5. The molecule has 0 spiro atoms. The maximum Gasteiger partial charge on any atom is 0.254 e. The summed E-state index contributed by atoms with van der Waals surface area (Å²) in [6.45, 7) is 3.15. The first-order valence-electron chi connectivity index (χ1n) is 5.69. The molecule has 2 heterocycles. The molecule has 2 unspecified atom stereocenters. The van der Waals surface area contributed by atoms with Crippen LogP contribution in [0, 0.1) is 0 Å². The van der Waals surface area contributed by atoms with Gasteiger partial charge in [-0.25, -0.2) is 0 Å². The van der Waals surface area contributed by atoms with Crippen molar-refractivity contribution in [3.63, 3.8) is 0 Å². The van der Waals surface area contributed by atoms with Gasteiger partial charge in [0.05, 0.1) is 11.8 Å². The Morgan fingerprint density at radius 2 is 2.41 bits per heavy atom. The highest BCUT2D eigenvalue weighted by Gasteiger charge is 2.23. The van der Waals surface area contributed by atoms with Crippen molar-refractivity contribution in [1.29, 1.82) is 0 Å². The van der Waals surface area contributed by atoms with Crippen LogP contribution in [0.3, 0.4) is 0 Å². The van der Waals surface area contributed by atoms with Gasteiger partial charge in [0.15, 0.2) is 0 Å². The molecule has 1 aromatic rings. The van der Waals surface area contributed by atoms with Crippen molar-refractivity contribution in [2.75, 3.05) is 6.54 Å². The largest absolute Gasteiger partial charge is 0.348 e.